The molecule has 0 aromatic heterocycles. The van der Waals surface area contributed by atoms with Gasteiger partial charge in [0.2, 0.25) is 0 Å². The van der Waals surface area contributed by atoms with Crippen LogP contribution in [0.3, 0.4) is 0 Å². The number of ether oxygens (including phenoxy) is 1. The first kappa shape index (κ1) is 10.9. The van der Waals surface area contributed by atoms with Crippen LogP contribution in [0.1, 0.15) is 11.7 Å². The lowest BCUT2D eigenvalue weighted by atomic mass is 10.0. The Labute approximate surface area is 92.4 Å². The third kappa shape index (κ3) is 2.51. The zero-order chi connectivity index (χ0) is 10.7. The van der Waals surface area contributed by atoms with Gasteiger partial charge < -0.3 is 9.84 Å². The maximum absolute atomic E-state index is 13.4. The van der Waals surface area contributed by atoms with Gasteiger partial charge in [-0.3, -0.25) is 0 Å². The Hall–Kier alpha value is -0.580. The standard InChI is InChI=1S/C11H13FO2S/c12-9-4-2-1-3-8(9)11(13)10-7-15-6-5-14-10/h1-4,10-11,13H,5-7H2. The summed E-state index contributed by atoms with van der Waals surface area (Å²) in [5.74, 6) is 1.29. The van der Waals surface area contributed by atoms with E-state index in [1.807, 2.05) is 0 Å². The topological polar surface area (TPSA) is 29.5 Å². The molecule has 0 spiro atoms. The van der Waals surface area contributed by atoms with Crippen molar-refractivity contribution in [2.24, 2.45) is 0 Å². The summed E-state index contributed by atoms with van der Waals surface area (Å²) in [6.45, 7) is 0.626. The summed E-state index contributed by atoms with van der Waals surface area (Å²) in [5, 5.41) is 9.95. The zero-order valence-corrected chi connectivity index (χ0v) is 9.04. The van der Waals surface area contributed by atoms with Gasteiger partial charge in [-0.1, -0.05) is 18.2 Å². The second kappa shape index (κ2) is 4.96. The molecule has 0 radical (unpaired) electrons. The number of benzene rings is 1. The summed E-state index contributed by atoms with van der Waals surface area (Å²) < 4.78 is 18.8. The molecule has 0 bridgehead atoms. The van der Waals surface area contributed by atoms with E-state index in [1.54, 1.807) is 30.0 Å². The third-order valence-electron chi connectivity index (χ3n) is 2.42. The summed E-state index contributed by atoms with van der Waals surface area (Å²) >= 11 is 1.72. The van der Waals surface area contributed by atoms with Crippen molar-refractivity contribution in [3.8, 4) is 0 Å². The largest absolute Gasteiger partial charge is 0.386 e. The molecule has 2 unspecified atom stereocenters. The molecule has 0 amide bonds. The molecule has 1 fully saturated rings. The highest BCUT2D eigenvalue weighted by molar-refractivity contribution is 7.99. The predicted octanol–water partition coefficient (Wildman–Crippen LogP) is 1.99. The normalized spacial score (nSPS) is 23.7. The van der Waals surface area contributed by atoms with Gasteiger partial charge in [-0.25, -0.2) is 4.39 Å². The number of aliphatic hydroxyl groups excluding tert-OH is 1. The lowest BCUT2D eigenvalue weighted by molar-refractivity contribution is -0.0241. The third-order valence-corrected chi connectivity index (χ3v) is 3.44. The Morgan fingerprint density at radius 1 is 1.47 bits per heavy atom. The van der Waals surface area contributed by atoms with Crippen molar-refractivity contribution >= 4 is 11.8 Å². The maximum Gasteiger partial charge on any atom is 0.129 e. The number of thioether (sulfide) groups is 1. The second-order valence-corrected chi connectivity index (χ2v) is 4.60. The van der Waals surface area contributed by atoms with Crippen molar-refractivity contribution < 1.29 is 14.2 Å². The smallest absolute Gasteiger partial charge is 0.129 e. The highest BCUT2D eigenvalue weighted by Gasteiger charge is 2.26. The molecule has 1 aromatic rings. The van der Waals surface area contributed by atoms with E-state index in [1.165, 1.54) is 6.07 Å². The molecule has 2 nitrogen and oxygen atoms in total. The molecule has 2 rings (SSSR count). The van der Waals surface area contributed by atoms with Crippen LogP contribution in [0.15, 0.2) is 24.3 Å². The van der Waals surface area contributed by atoms with E-state index in [0.29, 0.717) is 12.2 Å². The number of hydrogen-bond acceptors (Lipinski definition) is 3. The summed E-state index contributed by atoms with van der Waals surface area (Å²) in [4.78, 5) is 0. The predicted molar refractivity (Wildman–Crippen MR) is 58.4 cm³/mol. The molecule has 82 valence electrons. The van der Waals surface area contributed by atoms with Crippen LogP contribution < -0.4 is 0 Å². The second-order valence-electron chi connectivity index (χ2n) is 3.45. The lowest BCUT2D eigenvalue weighted by Gasteiger charge is -2.27. The molecule has 0 saturated carbocycles. The average molecular weight is 228 g/mol. The summed E-state index contributed by atoms with van der Waals surface area (Å²) in [7, 11) is 0. The molecule has 1 N–H and O–H groups in total. The Kier molecular flexibility index (Phi) is 3.61. The monoisotopic (exact) mass is 228 g/mol. The first-order valence-corrected chi connectivity index (χ1v) is 6.06. The van der Waals surface area contributed by atoms with E-state index < -0.39 is 6.10 Å². The van der Waals surface area contributed by atoms with Crippen LogP contribution in [0.5, 0.6) is 0 Å². The molecule has 1 aliphatic rings. The first-order chi connectivity index (χ1) is 7.29. The molecule has 4 heteroatoms. The van der Waals surface area contributed by atoms with Crippen molar-refractivity contribution in [1.82, 2.24) is 0 Å². The minimum absolute atomic E-state index is 0.291. The van der Waals surface area contributed by atoms with Gasteiger partial charge in [0.05, 0.1) is 12.7 Å². The fourth-order valence-corrected chi connectivity index (χ4v) is 2.50. The van der Waals surface area contributed by atoms with Gasteiger partial charge in [-0.05, 0) is 6.07 Å². The quantitative estimate of drug-likeness (QED) is 0.839. The fourth-order valence-electron chi connectivity index (χ4n) is 1.60. The molecule has 1 saturated heterocycles. The van der Waals surface area contributed by atoms with Crippen LogP contribution in [0, 0.1) is 5.82 Å². The van der Waals surface area contributed by atoms with Crippen LogP contribution in [0.4, 0.5) is 4.39 Å². The number of hydrogen-bond donors (Lipinski definition) is 1. The van der Waals surface area contributed by atoms with Gasteiger partial charge in [-0.2, -0.15) is 11.8 Å². The van der Waals surface area contributed by atoms with E-state index in [0.717, 1.165) is 11.5 Å². The van der Waals surface area contributed by atoms with Gasteiger partial charge in [0.25, 0.3) is 0 Å². The van der Waals surface area contributed by atoms with Crippen molar-refractivity contribution in [3.05, 3.63) is 35.6 Å². The van der Waals surface area contributed by atoms with Gasteiger partial charge >= 0.3 is 0 Å². The fraction of sp³-hybridized carbons (Fsp3) is 0.455. The van der Waals surface area contributed by atoms with Gasteiger partial charge in [0.1, 0.15) is 11.9 Å². The minimum Gasteiger partial charge on any atom is -0.386 e. The number of rotatable bonds is 2. The van der Waals surface area contributed by atoms with Crippen molar-refractivity contribution in [3.63, 3.8) is 0 Å². The molecule has 15 heavy (non-hydrogen) atoms. The van der Waals surface area contributed by atoms with Crippen LogP contribution >= 0.6 is 11.8 Å². The number of halogens is 1. The van der Waals surface area contributed by atoms with Crippen molar-refractivity contribution in [2.45, 2.75) is 12.2 Å². The SMILES string of the molecule is OC(c1ccccc1F)C1CSCCO1. The van der Waals surface area contributed by atoms with Crippen molar-refractivity contribution in [1.29, 1.82) is 0 Å². The summed E-state index contributed by atoms with van der Waals surface area (Å²) in [5.41, 5.74) is 0.324. The Bertz CT molecular complexity index is 326. The Morgan fingerprint density at radius 2 is 2.27 bits per heavy atom. The van der Waals surface area contributed by atoms with Crippen LogP contribution in [-0.4, -0.2) is 29.3 Å². The van der Waals surface area contributed by atoms with E-state index in [9.17, 15) is 9.50 Å². The molecule has 1 aromatic carbocycles. The molecular formula is C11H13FO2S. The van der Waals surface area contributed by atoms with Crippen LogP contribution in [0.25, 0.3) is 0 Å². The minimum atomic E-state index is -0.862. The van der Waals surface area contributed by atoms with Crippen molar-refractivity contribution in [2.75, 3.05) is 18.1 Å². The average Bonchev–Trinajstić information content (AvgIpc) is 2.30. The summed E-state index contributed by atoms with van der Waals surface area (Å²) in [6.07, 6.45) is -1.15. The molecule has 1 heterocycles. The molecule has 0 aliphatic carbocycles. The first-order valence-electron chi connectivity index (χ1n) is 4.91. The highest BCUT2D eigenvalue weighted by Crippen LogP contribution is 2.26. The zero-order valence-electron chi connectivity index (χ0n) is 8.23. The van der Waals surface area contributed by atoms with E-state index in [2.05, 4.69) is 0 Å². The van der Waals surface area contributed by atoms with E-state index >= 15 is 0 Å². The van der Waals surface area contributed by atoms with Gasteiger partial charge in [-0.15, -0.1) is 0 Å². The van der Waals surface area contributed by atoms with Gasteiger partial charge in [0.15, 0.2) is 0 Å². The van der Waals surface area contributed by atoms with Gasteiger partial charge in [0, 0.05) is 17.1 Å². The lowest BCUT2D eigenvalue weighted by Crippen LogP contribution is -2.30. The molecular weight excluding hydrogens is 215 g/mol. The van der Waals surface area contributed by atoms with Crippen LogP contribution in [0.2, 0.25) is 0 Å². The number of aliphatic hydroxyl groups is 1. The Balaban J connectivity index is 2.12. The van der Waals surface area contributed by atoms with Crippen LogP contribution in [-0.2, 0) is 4.74 Å². The Morgan fingerprint density at radius 3 is 2.93 bits per heavy atom. The van der Waals surface area contributed by atoms with E-state index in [4.69, 9.17) is 4.74 Å². The maximum atomic E-state index is 13.4. The molecule has 1 aliphatic heterocycles. The van der Waals surface area contributed by atoms with E-state index in [-0.39, 0.29) is 11.9 Å². The highest BCUT2D eigenvalue weighted by atomic mass is 32.2. The molecule has 2 atom stereocenters. The summed E-state index contributed by atoms with van der Waals surface area (Å²) in [6, 6.07) is 6.29.